The Labute approximate surface area is 123 Å². The van der Waals surface area contributed by atoms with E-state index >= 15 is 0 Å². The van der Waals surface area contributed by atoms with Gasteiger partial charge in [-0.05, 0) is 49.6 Å². The Morgan fingerprint density at radius 3 is 2.57 bits per heavy atom. The van der Waals surface area contributed by atoms with E-state index in [0.29, 0.717) is 23.6 Å². The summed E-state index contributed by atoms with van der Waals surface area (Å²) in [5.74, 6) is -0.0249. The number of hydrogen-bond donors (Lipinski definition) is 1. The van der Waals surface area contributed by atoms with Gasteiger partial charge in [-0.25, -0.2) is 4.39 Å². The highest BCUT2D eigenvalue weighted by molar-refractivity contribution is 6.00. The number of aryl methyl sites for hydroxylation is 2. The predicted molar refractivity (Wildman–Crippen MR) is 80.6 cm³/mol. The Balaban J connectivity index is 2.22. The molecule has 110 valence electrons. The van der Waals surface area contributed by atoms with Crippen molar-refractivity contribution in [1.82, 2.24) is 0 Å². The minimum atomic E-state index is -0.389. The molecular weight excluding hydrogens is 269 g/mol. The van der Waals surface area contributed by atoms with Gasteiger partial charge < -0.3 is 9.94 Å². The lowest BCUT2D eigenvalue weighted by molar-refractivity contribution is 0.301. The molecule has 0 aliphatic rings. The molecule has 0 amide bonds. The summed E-state index contributed by atoms with van der Waals surface area (Å²) in [5.41, 5.74) is 4.36. The standard InChI is InChI=1S/C17H18FNO2/c1-11-4-5-14(8-12(11)2)10-21-17-9-15(18)6-7-16(17)13(3)19-20/h4-9,20H,10H2,1-3H3. The summed E-state index contributed by atoms with van der Waals surface area (Å²) >= 11 is 0. The fourth-order valence-corrected chi connectivity index (χ4v) is 2.02. The van der Waals surface area contributed by atoms with Crippen LogP contribution in [0.1, 0.15) is 29.2 Å². The number of oxime groups is 1. The highest BCUT2D eigenvalue weighted by atomic mass is 19.1. The molecule has 2 rings (SSSR count). The molecular formula is C17H18FNO2. The van der Waals surface area contributed by atoms with Crippen LogP contribution in [0.4, 0.5) is 4.39 Å². The van der Waals surface area contributed by atoms with E-state index in [1.165, 1.54) is 23.3 Å². The molecule has 0 saturated heterocycles. The van der Waals surface area contributed by atoms with Gasteiger partial charge in [0.15, 0.2) is 0 Å². The Morgan fingerprint density at radius 2 is 1.90 bits per heavy atom. The molecule has 0 fully saturated rings. The van der Waals surface area contributed by atoms with Gasteiger partial charge in [-0.15, -0.1) is 0 Å². The molecule has 0 radical (unpaired) electrons. The maximum Gasteiger partial charge on any atom is 0.131 e. The second-order valence-electron chi connectivity index (χ2n) is 5.03. The first-order chi connectivity index (χ1) is 10.0. The van der Waals surface area contributed by atoms with Gasteiger partial charge in [0.2, 0.25) is 0 Å². The highest BCUT2D eigenvalue weighted by Gasteiger charge is 2.09. The third-order valence-electron chi connectivity index (χ3n) is 3.45. The first kappa shape index (κ1) is 15.0. The lowest BCUT2D eigenvalue weighted by Gasteiger charge is -2.12. The first-order valence-corrected chi connectivity index (χ1v) is 6.69. The lowest BCUT2D eigenvalue weighted by Crippen LogP contribution is -2.03. The van der Waals surface area contributed by atoms with Crippen LogP contribution in [0.15, 0.2) is 41.6 Å². The number of ether oxygens (including phenoxy) is 1. The van der Waals surface area contributed by atoms with Crippen molar-refractivity contribution >= 4 is 5.71 Å². The average molecular weight is 287 g/mol. The van der Waals surface area contributed by atoms with E-state index in [4.69, 9.17) is 9.94 Å². The molecule has 0 atom stereocenters. The predicted octanol–water partition coefficient (Wildman–Crippen LogP) is 4.22. The molecule has 0 heterocycles. The van der Waals surface area contributed by atoms with Crippen molar-refractivity contribution in [2.75, 3.05) is 0 Å². The first-order valence-electron chi connectivity index (χ1n) is 6.69. The van der Waals surface area contributed by atoms with Gasteiger partial charge in [0, 0.05) is 11.6 Å². The maximum atomic E-state index is 13.4. The van der Waals surface area contributed by atoms with Gasteiger partial charge in [0.25, 0.3) is 0 Å². The van der Waals surface area contributed by atoms with Crippen LogP contribution in [0.5, 0.6) is 5.75 Å². The highest BCUT2D eigenvalue weighted by Crippen LogP contribution is 2.22. The van der Waals surface area contributed by atoms with E-state index < -0.39 is 0 Å². The van der Waals surface area contributed by atoms with Crippen LogP contribution in [-0.2, 0) is 6.61 Å². The Hall–Kier alpha value is -2.36. The quantitative estimate of drug-likeness (QED) is 0.519. The summed E-state index contributed by atoms with van der Waals surface area (Å²) in [4.78, 5) is 0. The molecule has 0 saturated carbocycles. The van der Waals surface area contributed by atoms with Crippen molar-refractivity contribution in [1.29, 1.82) is 0 Å². The second-order valence-corrected chi connectivity index (χ2v) is 5.03. The number of rotatable bonds is 4. The summed E-state index contributed by atoms with van der Waals surface area (Å²) in [6.45, 7) is 6.05. The third kappa shape index (κ3) is 3.60. The summed E-state index contributed by atoms with van der Waals surface area (Å²) in [6.07, 6.45) is 0. The number of halogens is 1. The van der Waals surface area contributed by atoms with Gasteiger partial charge in [-0.3, -0.25) is 0 Å². The van der Waals surface area contributed by atoms with Gasteiger partial charge in [0.05, 0.1) is 5.71 Å². The topological polar surface area (TPSA) is 41.8 Å². The molecule has 0 aliphatic carbocycles. The van der Waals surface area contributed by atoms with E-state index in [0.717, 1.165) is 5.56 Å². The maximum absolute atomic E-state index is 13.4. The molecule has 0 unspecified atom stereocenters. The minimum absolute atomic E-state index is 0.330. The minimum Gasteiger partial charge on any atom is -0.488 e. The zero-order valence-electron chi connectivity index (χ0n) is 12.4. The van der Waals surface area contributed by atoms with Gasteiger partial charge >= 0.3 is 0 Å². The fraction of sp³-hybridized carbons (Fsp3) is 0.235. The van der Waals surface area contributed by atoms with Gasteiger partial charge in [0.1, 0.15) is 18.2 Å². The molecule has 0 bridgehead atoms. The lowest BCUT2D eigenvalue weighted by atomic mass is 10.1. The third-order valence-corrected chi connectivity index (χ3v) is 3.45. The van der Waals surface area contributed by atoms with Crippen LogP contribution in [0.2, 0.25) is 0 Å². The Kier molecular flexibility index (Phi) is 4.58. The number of hydrogen-bond acceptors (Lipinski definition) is 3. The van der Waals surface area contributed by atoms with Gasteiger partial charge in [-0.1, -0.05) is 23.4 Å². The SMILES string of the molecule is CC(=NO)c1ccc(F)cc1OCc1ccc(C)c(C)c1. The zero-order chi connectivity index (χ0) is 15.4. The summed E-state index contributed by atoms with van der Waals surface area (Å²) in [6, 6.07) is 10.2. The molecule has 0 spiro atoms. The monoisotopic (exact) mass is 287 g/mol. The Bertz CT molecular complexity index is 680. The molecule has 2 aromatic rings. The second kappa shape index (κ2) is 6.39. The van der Waals surface area contributed by atoms with E-state index in [1.54, 1.807) is 13.0 Å². The van der Waals surface area contributed by atoms with Crippen molar-refractivity contribution < 1.29 is 14.3 Å². The normalized spacial score (nSPS) is 11.5. The van der Waals surface area contributed by atoms with Crippen molar-refractivity contribution in [3.63, 3.8) is 0 Å². The number of benzene rings is 2. The van der Waals surface area contributed by atoms with Crippen LogP contribution in [-0.4, -0.2) is 10.9 Å². The summed E-state index contributed by atoms with van der Waals surface area (Å²) < 4.78 is 19.1. The van der Waals surface area contributed by atoms with E-state index in [-0.39, 0.29) is 5.82 Å². The van der Waals surface area contributed by atoms with Crippen LogP contribution in [0.3, 0.4) is 0 Å². The number of nitrogens with zero attached hydrogens (tertiary/aromatic N) is 1. The zero-order valence-corrected chi connectivity index (χ0v) is 12.4. The van der Waals surface area contributed by atoms with Crippen molar-refractivity contribution in [2.45, 2.75) is 27.4 Å². The van der Waals surface area contributed by atoms with E-state index in [2.05, 4.69) is 5.16 Å². The Morgan fingerprint density at radius 1 is 1.14 bits per heavy atom. The van der Waals surface area contributed by atoms with Gasteiger partial charge in [-0.2, -0.15) is 0 Å². The molecule has 4 heteroatoms. The molecule has 3 nitrogen and oxygen atoms in total. The largest absolute Gasteiger partial charge is 0.488 e. The molecule has 0 aliphatic heterocycles. The van der Waals surface area contributed by atoms with Crippen LogP contribution in [0, 0.1) is 19.7 Å². The smallest absolute Gasteiger partial charge is 0.131 e. The summed E-state index contributed by atoms with van der Waals surface area (Å²) in [7, 11) is 0. The van der Waals surface area contributed by atoms with Crippen molar-refractivity contribution in [3.05, 3.63) is 64.5 Å². The van der Waals surface area contributed by atoms with Crippen molar-refractivity contribution in [3.8, 4) is 5.75 Å². The van der Waals surface area contributed by atoms with Crippen molar-refractivity contribution in [2.24, 2.45) is 5.16 Å². The average Bonchev–Trinajstić information content (AvgIpc) is 2.48. The van der Waals surface area contributed by atoms with E-state index in [9.17, 15) is 4.39 Å². The molecule has 2 aromatic carbocycles. The van der Waals surface area contributed by atoms with Crippen LogP contribution in [0.25, 0.3) is 0 Å². The summed E-state index contributed by atoms with van der Waals surface area (Å²) in [5, 5.41) is 12.0. The van der Waals surface area contributed by atoms with Crippen LogP contribution < -0.4 is 4.74 Å². The van der Waals surface area contributed by atoms with E-state index in [1.807, 2.05) is 32.0 Å². The molecule has 21 heavy (non-hydrogen) atoms. The molecule has 0 aromatic heterocycles. The van der Waals surface area contributed by atoms with Crippen LogP contribution >= 0.6 is 0 Å². The fourth-order valence-electron chi connectivity index (χ4n) is 2.02. The molecule has 1 N–H and O–H groups in total.